The number of nitrogens with one attached hydrogen (secondary N) is 1. The van der Waals surface area contributed by atoms with Gasteiger partial charge >= 0.3 is 0 Å². The third kappa shape index (κ3) is 13.1. The number of ketones is 1. The summed E-state index contributed by atoms with van der Waals surface area (Å²) in [7, 11) is 0. The Hall–Kier alpha value is -0.200. The Morgan fingerprint density at radius 1 is 0.958 bits per heavy atom. The van der Waals surface area contributed by atoms with E-state index in [9.17, 15) is 9.59 Å². The zero-order valence-corrected chi connectivity index (χ0v) is 17.8. The van der Waals surface area contributed by atoms with Gasteiger partial charge in [0.15, 0.2) is 0 Å². The van der Waals surface area contributed by atoms with Gasteiger partial charge in [-0.05, 0) is 31.9 Å². The van der Waals surface area contributed by atoms with Gasteiger partial charge in [-0.3, -0.25) is 14.5 Å². The number of hydrogen-bond donors (Lipinski definition) is 1. The fraction of sp³-hybridized carbons (Fsp3) is 0.889. The number of amides is 1. The molecular formula is C18H36N2O2S2. The Bertz CT molecular complexity index is 357. The van der Waals surface area contributed by atoms with Crippen molar-refractivity contribution in [1.82, 2.24) is 10.2 Å². The summed E-state index contributed by atoms with van der Waals surface area (Å²) < 4.78 is 0. The highest BCUT2D eigenvalue weighted by Crippen LogP contribution is 2.18. The number of carbonyl (C=O) groups is 2. The van der Waals surface area contributed by atoms with E-state index in [-0.39, 0.29) is 11.3 Å². The lowest BCUT2D eigenvalue weighted by Gasteiger charge is -2.21. The van der Waals surface area contributed by atoms with Crippen LogP contribution in [0.1, 0.15) is 46.5 Å². The average molecular weight is 377 g/mol. The molecule has 142 valence electrons. The lowest BCUT2D eigenvalue weighted by Crippen LogP contribution is -2.39. The van der Waals surface area contributed by atoms with Crippen molar-refractivity contribution < 1.29 is 9.59 Å². The topological polar surface area (TPSA) is 49.4 Å². The molecule has 24 heavy (non-hydrogen) atoms. The number of unbranched alkanes of at least 4 members (excludes halogenated alkanes) is 2. The summed E-state index contributed by atoms with van der Waals surface area (Å²) in [5.74, 6) is 2.46. The van der Waals surface area contributed by atoms with Gasteiger partial charge in [0.25, 0.3) is 0 Å². The number of hydrogen-bond acceptors (Lipinski definition) is 5. The third-order valence-electron chi connectivity index (χ3n) is 3.82. The summed E-state index contributed by atoms with van der Waals surface area (Å²) in [6.45, 7) is 9.04. The summed E-state index contributed by atoms with van der Waals surface area (Å²) in [6.07, 6.45) is 7.85. The molecule has 0 bridgehead atoms. The highest BCUT2D eigenvalue weighted by atomic mass is 32.2. The minimum Gasteiger partial charge on any atom is -0.354 e. The molecule has 0 saturated carbocycles. The molecule has 0 atom stereocenters. The third-order valence-corrected chi connectivity index (χ3v) is 5.03. The van der Waals surface area contributed by atoms with E-state index in [4.69, 9.17) is 0 Å². The van der Waals surface area contributed by atoms with E-state index in [1.54, 1.807) is 11.8 Å². The number of thioether (sulfide) groups is 2. The van der Waals surface area contributed by atoms with Gasteiger partial charge < -0.3 is 5.32 Å². The quantitative estimate of drug-likeness (QED) is 0.471. The van der Waals surface area contributed by atoms with Crippen LogP contribution in [0.15, 0.2) is 0 Å². The van der Waals surface area contributed by atoms with Crippen LogP contribution in [0.25, 0.3) is 0 Å². The maximum absolute atomic E-state index is 12.0. The number of nitrogens with zero attached hydrogens (tertiary/aromatic N) is 1. The van der Waals surface area contributed by atoms with Gasteiger partial charge in [0, 0.05) is 36.4 Å². The van der Waals surface area contributed by atoms with Crippen LogP contribution in [0.2, 0.25) is 0 Å². The van der Waals surface area contributed by atoms with Crippen molar-refractivity contribution in [2.45, 2.75) is 46.5 Å². The Morgan fingerprint density at radius 2 is 1.62 bits per heavy atom. The highest BCUT2D eigenvalue weighted by Gasteiger charge is 2.20. The first-order chi connectivity index (χ1) is 11.3. The molecule has 0 aromatic carbocycles. The van der Waals surface area contributed by atoms with E-state index in [1.165, 1.54) is 0 Å². The number of Topliss-reactive ketones (excluding diaryl/α,β-unsaturated/α-hetero) is 1. The lowest BCUT2D eigenvalue weighted by molar-refractivity contribution is -0.126. The normalized spacial score (nSPS) is 11.8. The van der Waals surface area contributed by atoms with Gasteiger partial charge in [-0.1, -0.05) is 27.2 Å². The Morgan fingerprint density at radius 3 is 2.21 bits per heavy atom. The zero-order chi connectivity index (χ0) is 18.4. The largest absolute Gasteiger partial charge is 0.354 e. The van der Waals surface area contributed by atoms with Gasteiger partial charge in [-0.2, -0.15) is 23.5 Å². The van der Waals surface area contributed by atoms with Crippen molar-refractivity contribution in [2.24, 2.45) is 5.41 Å². The van der Waals surface area contributed by atoms with Gasteiger partial charge in [0.05, 0.1) is 6.54 Å². The summed E-state index contributed by atoms with van der Waals surface area (Å²) in [5.41, 5.74) is -0.223. The molecule has 0 aromatic heterocycles. The Labute approximate surface area is 157 Å². The summed E-state index contributed by atoms with van der Waals surface area (Å²) in [5, 5.41) is 2.97. The number of rotatable bonds is 14. The van der Waals surface area contributed by atoms with E-state index < -0.39 is 0 Å². The molecule has 0 rings (SSSR count). The summed E-state index contributed by atoms with van der Waals surface area (Å²) in [4.78, 5) is 26.1. The summed E-state index contributed by atoms with van der Waals surface area (Å²) in [6, 6.07) is 0. The number of carbonyl (C=O) groups excluding carboxylic acids is 2. The van der Waals surface area contributed by atoms with Gasteiger partial charge in [0.1, 0.15) is 5.78 Å². The molecule has 0 saturated heterocycles. The van der Waals surface area contributed by atoms with Crippen molar-refractivity contribution in [2.75, 3.05) is 50.2 Å². The predicted octanol–water partition coefficient (Wildman–Crippen LogP) is 3.31. The van der Waals surface area contributed by atoms with Gasteiger partial charge in [0.2, 0.25) is 5.91 Å². The molecule has 0 aliphatic rings. The van der Waals surface area contributed by atoms with E-state index in [2.05, 4.69) is 16.5 Å². The van der Waals surface area contributed by atoms with Gasteiger partial charge in [-0.25, -0.2) is 0 Å². The van der Waals surface area contributed by atoms with Crippen molar-refractivity contribution in [3.63, 3.8) is 0 Å². The van der Waals surface area contributed by atoms with Crippen LogP contribution in [-0.4, -0.2) is 66.8 Å². The van der Waals surface area contributed by atoms with Crippen LogP contribution in [0.5, 0.6) is 0 Å². The van der Waals surface area contributed by atoms with Crippen molar-refractivity contribution in [3.8, 4) is 0 Å². The van der Waals surface area contributed by atoms with E-state index in [0.717, 1.165) is 50.4 Å². The van der Waals surface area contributed by atoms with E-state index >= 15 is 0 Å². The first-order valence-corrected chi connectivity index (χ1v) is 11.6. The summed E-state index contributed by atoms with van der Waals surface area (Å²) >= 11 is 3.55. The first-order valence-electron chi connectivity index (χ1n) is 8.81. The molecule has 0 aliphatic heterocycles. The SMILES string of the molecule is CSCCNC(=O)CN(CCCCCC(=O)C(C)(C)C)CCSC. The van der Waals surface area contributed by atoms with Crippen LogP contribution < -0.4 is 5.32 Å². The minimum absolute atomic E-state index is 0.119. The Balaban J connectivity index is 4.01. The molecule has 0 heterocycles. The molecule has 0 aliphatic carbocycles. The smallest absolute Gasteiger partial charge is 0.234 e. The second-order valence-electron chi connectivity index (χ2n) is 7.10. The van der Waals surface area contributed by atoms with Crippen molar-refractivity contribution >= 4 is 35.2 Å². The fourth-order valence-electron chi connectivity index (χ4n) is 2.21. The van der Waals surface area contributed by atoms with Gasteiger partial charge in [-0.15, -0.1) is 0 Å². The zero-order valence-electron chi connectivity index (χ0n) is 16.2. The van der Waals surface area contributed by atoms with Crippen LogP contribution in [0.4, 0.5) is 0 Å². The van der Waals surface area contributed by atoms with E-state index in [1.807, 2.05) is 38.8 Å². The predicted molar refractivity (Wildman–Crippen MR) is 109 cm³/mol. The molecular weight excluding hydrogens is 340 g/mol. The second-order valence-corrected chi connectivity index (χ2v) is 9.07. The minimum atomic E-state index is -0.223. The van der Waals surface area contributed by atoms with Crippen molar-refractivity contribution in [1.29, 1.82) is 0 Å². The van der Waals surface area contributed by atoms with Crippen LogP contribution in [-0.2, 0) is 9.59 Å². The molecule has 0 unspecified atom stereocenters. The van der Waals surface area contributed by atoms with E-state index in [0.29, 0.717) is 18.7 Å². The average Bonchev–Trinajstić information content (AvgIpc) is 2.51. The molecule has 0 aromatic rings. The molecule has 0 fully saturated rings. The molecule has 6 heteroatoms. The second kappa shape index (κ2) is 14.0. The van der Waals surface area contributed by atoms with Crippen LogP contribution >= 0.6 is 23.5 Å². The molecule has 0 spiro atoms. The van der Waals surface area contributed by atoms with Crippen LogP contribution in [0, 0.1) is 5.41 Å². The highest BCUT2D eigenvalue weighted by molar-refractivity contribution is 7.98. The molecule has 4 nitrogen and oxygen atoms in total. The fourth-order valence-corrected chi connectivity index (χ4v) is 2.96. The Kier molecular flexibility index (Phi) is 13.9. The maximum atomic E-state index is 12.0. The monoisotopic (exact) mass is 376 g/mol. The molecule has 0 radical (unpaired) electrons. The maximum Gasteiger partial charge on any atom is 0.234 e. The van der Waals surface area contributed by atoms with Crippen LogP contribution in [0.3, 0.4) is 0 Å². The first kappa shape index (κ1) is 23.8. The lowest BCUT2D eigenvalue weighted by atomic mass is 9.88. The molecule has 1 N–H and O–H groups in total. The standard InChI is InChI=1S/C18H36N2O2S2/c1-18(2,3)16(21)9-7-6-8-11-20(12-14-24-5)15-17(22)19-10-13-23-4/h6-15H2,1-5H3,(H,19,22). The van der Waals surface area contributed by atoms with Crippen molar-refractivity contribution in [3.05, 3.63) is 0 Å². The molecule has 1 amide bonds.